The number of halogens is 1. The Morgan fingerprint density at radius 2 is 1.82 bits per heavy atom. The highest BCUT2D eigenvalue weighted by atomic mass is 35.5. The minimum Gasteiger partial charge on any atom is -0.424 e. The number of nitrogens with zero attached hydrogens (tertiary/aromatic N) is 3. The van der Waals surface area contributed by atoms with E-state index in [9.17, 15) is 38.6 Å². The molecule has 0 bridgehead atoms. The van der Waals surface area contributed by atoms with Gasteiger partial charge in [0.05, 0.1) is 42.2 Å². The number of benzene rings is 2. The normalized spacial score (nSPS) is 14.7. The number of carbonyl (C=O) groups is 1. The van der Waals surface area contributed by atoms with E-state index in [1.165, 1.54) is 24.4 Å². The third kappa shape index (κ3) is 8.85. The number of hydrogen-bond acceptors (Lipinski definition) is 11. The highest BCUT2D eigenvalue weighted by Crippen LogP contribution is 2.61. The van der Waals surface area contributed by atoms with Gasteiger partial charge in [0.1, 0.15) is 6.23 Å². The predicted octanol–water partition coefficient (Wildman–Crippen LogP) is 3.27. The zero-order valence-corrected chi connectivity index (χ0v) is 25.5. The van der Waals surface area contributed by atoms with Crippen molar-refractivity contribution in [1.29, 1.82) is 0 Å². The van der Waals surface area contributed by atoms with E-state index in [1.807, 2.05) is 4.90 Å². The second kappa shape index (κ2) is 14.2. The summed E-state index contributed by atoms with van der Waals surface area (Å²) in [7, 11) is -10.6. The van der Waals surface area contributed by atoms with Crippen LogP contribution < -0.4 is 20.3 Å². The average molecular weight is 670 g/mol. The van der Waals surface area contributed by atoms with Crippen LogP contribution in [0.4, 0.5) is 23.0 Å². The van der Waals surface area contributed by atoms with E-state index in [0.29, 0.717) is 54.6 Å². The zero-order chi connectivity index (χ0) is 32.1. The summed E-state index contributed by atoms with van der Waals surface area (Å²) in [5.41, 5.74) is 2.54. The molecule has 15 nitrogen and oxygen atoms in total. The van der Waals surface area contributed by atoms with Gasteiger partial charge in [-0.3, -0.25) is 13.9 Å². The van der Waals surface area contributed by atoms with E-state index >= 15 is 0 Å². The number of aliphatic hydroxyl groups is 1. The van der Waals surface area contributed by atoms with Crippen LogP contribution in [-0.4, -0.2) is 78.5 Å². The van der Waals surface area contributed by atoms with Gasteiger partial charge >= 0.3 is 21.2 Å². The molecule has 18 heteroatoms. The number of aromatic nitrogens is 2. The van der Waals surface area contributed by atoms with E-state index in [2.05, 4.69) is 27.2 Å². The second-order valence-electron chi connectivity index (χ2n) is 9.54. The van der Waals surface area contributed by atoms with Crippen LogP contribution in [0, 0.1) is 0 Å². The van der Waals surface area contributed by atoms with Crippen molar-refractivity contribution in [2.75, 3.05) is 41.8 Å². The molecule has 3 aromatic rings. The van der Waals surface area contributed by atoms with Gasteiger partial charge in [0.15, 0.2) is 11.1 Å². The standard InChI is InChI=1S/C26H30ClN5O10P2/c1-2-22(33)29-17-5-3-4-16(12-17)25-19(27)15-28-26(31-25)30-18-6-7-21(20(13-18)32-8-10-41-11-9-32)42-23(34)14-24(43(35,36)37)44(38,39)40/h2-7,12-13,15,22,24,29,33H,1,8-11,14H2,(H,28,30,31)(H2,35,36,37)(H2,38,39,40). The Bertz CT molecular complexity index is 1590. The lowest BCUT2D eigenvalue weighted by Crippen LogP contribution is -2.36. The molecule has 0 saturated carbocycles. The van der Waals surface area contributed by atoms with Crippen LogP contribution in [-0.2, 0) is 18.7 Å². The Morgan fingerprint density at radius 3 is 2.48 bits per heavy atom. The molecule has 0 amide bonds. The number of rotatable bonds is 12. The molecule has 1 aromatic heterocycles. The van der Waals surface area contributed by atoms with Crippen molar-refractivity contribution in [2.24, 2.45) is 0 Å². The van der Waals surface area contributed by atoms with Crippen molar-refractivity contribution in [1.82, 2.24) is 9.97 Å². The minimum absolute atomic E-state index is 0.00126. The maximum absolute atomic E-state index is 12.6. The van der Waals surface area contributed by atoms with Crippen LogP contribution >= 0.6 is 26.8 Å². The van der Waals surface area contributed by atoms with E-state index < -0.39 is 39.2 Å². The number of aliphatic hydroxyl groups excluding tert-OH is 1. The highest BCUT2D eigenvalue weighted by Gasteiger charge is 2.45. The van der Waals surface area contributed by atoms with Crippen LogP contribution in [0.3, 0.4) is 0 Å². The molecule has 1 aliphatic heterocycles. The summed E-state index contributed by atoms with van der Waals surface area (Å²) in [5, 5.41) is 13.5. The van der Waals surface area contributed by atoms with Gasteiger partial charge in [-0.2, -0.15) is 0 Å². The molecule has 2 aromatic carbocycles. The molecule has 1 saturated heterocycles. The van der Waals surface area contributed by atoms with Crippen molar-refractivity contribution < 1.29 is 48.1 Å². The molecular weight excluding hydrogens is 640 g/mol. The number of anilines is 4. The molecule has 0 radical (unpaired) electrons. The van der Waals surface area contributed by atoms with Gasteiger partial charge in [-0.05, 0) is 36.4 Å². The molecule has 236 valence electrons. The second-order valence-corrected chi connectivity index (χ2v) is 14.0. The van der Waals surface area contributed by atoms with Crippen LogP contribution in [0.5, 0.6) is 5.75 Å². The van der Waals surface area contributed by atoms with Crippen LogP contribution in [0.1, 0.15) is 6.42 Å². The third-order valence-electron chi connectivity index (χ3n) is 6.33. The zero-order valence-electron chi connectivity index (χ0n) is 23.0. The van der Waals surface area contributed by atoms with Gasteiger partial charge in [-0.25, -0.2) is 9.97 Å². The molecule has 0 aliphatic carbocycles. The number of hydrogen-bond donors (Lipinski definition) is 7. The lowest BCUT2D eigenvalue weighted by Gasteiger charge is -2.30. The Kier molecular flexibility index (Phi) is 10.8. The average Bonchev–Trinajstić information content (AvgIpc) is 2.97. The summed E-state index contributed by atoms with van der Waals surface area (Å²) in [4.78, 5) is 60.7. The van der Waals surface area contributed by atoms with Crippen molar-refractivity contribution in [3.63, 3.8) is 0 Å². The van der Waals surface area contributed by atoms with Crippen molar-refractivity contribution >= 4 is 55.8 Å². The SMILES string of the molecule is C=CC(O)Nc1cccc(-c2nc(Nc3ccc(OC(=O)CC(P(=O)(O)O)P(=O)(O)O)c(N4CCOCC4)c3)ncc2Cl)c1. The summed E-state index contributed by atoms with van der Waals surface area (Å²) in [6.45, 7) is 5.14. The Morgan fingerprint density at radius 1 is 1.11 bits per heavy atom. The largest absolute Gasteiger partial charge is 0.424 e. The molecule has 44 heavy (non-hydrogen) atoms. The van der Waals surface area contributed by atoms with Crippen molar-refractivity contribution in [3.05, 3.63) is 66.3 Å². The predicted molar refractivity (Wildman–Crippen MR) is 163 cm³/mol. The smallest absolute Gasteiger partial charge is 0.341 e. The molecule has 4 rings (SSSR count). The molecule has 2 heterocycles. The summed E-state index contributed by atoms with van der Waals surface area (Å²) < 4.78 is 34.0. The van der Waals surface area contributed by atoms with E-state index in [0.717, 1.165) is 0 Å². The van der Waals surface area contributed by atoms with Crippen LogP contribution in [0.25, 0.3) is 11.3 Å². The van der Waals surface area contributed by atoms with Crippen LogP contribution in [0.15, 0.2) is 61.3 Å². The maximum Gasteiger partial charge on any atom is 0.341 e. The third-order valence-corrected chi connectivity index (χ3v) is 10.3. The van der Waals surface area contributed by atoms with Gasteiger partial charge in [0.2, 0.25) is 5.95 Å². The lowest BCUT2D eigenvalue weighted by molar-refractivity contribution is -0.134. The fourth-order valence-corrected chi connectivity index (χ4v) is 6.77. The van der Waals surface area contributed by atoms with Gasteiger partial charge in [-0.1, -0.05) is 30.3 Å². The summed E-state index contributed by atoms with van der Waals surface area (Å²) in [6.07, 6.45) is 0.597. The molecular formula is C26H30ClN5O10P2. The monoisotopic (exact) mass is 669 g/mol. The first-order valence-corrected chi connectivity index (χ1v) is 16.7. The number of carbonyl (C=O) groups excluding carboxylic acids is 1. The summed E-state index contributed by atoms with van der Waals surface area (Å²) >= 11 is 6.40. The van der Waals surface area contributed by atoms with E-state index in [1.54, 1.807) is 30.3 Å². The number of nitrogens with one attached hydrogen (secondary N) is 2. The van der Waals surface area contributed by atoms with Gasteiger partial charge in [0, 0.05) is 30.0 Å². The first-order valence-electron chi connectivity index (χ1n) is 13.0. The van der Waals surface area contributed by atoms with Gasteiger partial charge in [0.25, 0.3) is 0 Å². The van der Waals surface area contributed by atoms with E-state index in [4.69, 9.17) is 21.1 Å². The first-order chi connectivity index (χ1) is 20.7. The molecule has 7 N–H and O–H groups in total. The van der Waals surface area contributed by atoms with Gasteiger partial charge in [-0.15, -0.1) is 0 Å². The molecule has 1 aliphatic rings. The molecule has 1 unspecified atom stereocenters. The van der Waals surface area contributed by atoms with E-state index in [-0.39, 0.29) is 16.7 Å². The number of morpholine rings is 1. The number of ether oxygens (including phenoxy) is 2. The number of esters is 1. The summed E-state index contributed by atoms with van der Waals surface area (Å²) in [6, 6.07) is 11.6. The highest BCUT2D eigenvalue weighted by molar-refractivity contribution is 7.70. The Hall–Kier alpha value is -3.36. The van der Waals surface area contributed by atoms with Crippen molar-refractivity contribution in [2.45, 2.75) is 18.0 Å². The van der Waals surface area contributed by atoms with Crippen molar-refractivity contribution in [3.8, 4) is 17.0 Å². The fourth-order valence-electron chi connectivity index (χ4n) is 4.22. The summed E-state index contributed by atoms with van der Waals surface area (Å²) in [5.74, 6) is -1.06. The molecule has 1 fully saturated rings. The quantitative estimate of drug-likeness (QED) is 0.0483. The molecule has 0 spiro atoms. The molecule has 1 atom stereocenters. The Balaban J connectivity index is 1.60. The Labute approximate surface area is 256 Å². The minimum atomic E-state index is -5.32. The first kappa shape index (κ1) is 33.5. The van der Waals surface area contributed by atoms with Gasteiger partial charge < -0.3 is 49.7 Å². The lowest BCUT2D eigenvalue weighted by atomic mass is 10.1. The topological polar surface area (TPSA) is 224 Å². The van der Waals surface area contributed by atoms with Crippen LogP contribution in [0.2, 0.25) is 5.02 Å². The fraction of sp³-hybridized carbons (Fsp3) is 0.269. The maximum atomic E-state index is 12.6.